The average molecular weight is 577 g/mol. The maximum absolute atomic E-state index is 2.45. The molecule has 0 amide bonds. The molecule has 6 aromatic carbocycles. The van der Waals surface area contributed by atoms with Crippen LogP contribution in [0.5, 0.6) is 0 Å². The molecule has 0 aliphatic heterocycles. The fraction of sp³-hybridized carbons (Fsp3) is 0.100. The van der Waals surface area contributed by atoms with Crippen LogP contribution in [0.3, 0.4) is 0 Å². The van der Waals surface area contributed by atoms with Gasteiger partial charge in [-0.2, -0.15) is 0 Å². The average Bonchev–Trinajstić information content (AvgIpc) is 3.07. The molecule has 6 aromatic rings. The number of anilines is 2. The van der Waals surface area contributed by atoms with Gasteiger partial charge in [0, 0.05) is 47.3 Å². The van der Waals surface area contributed by atoms with Crippen molar-refractivity contribution >= 4 is 23.1 Å². The summed E-state index contributed by atoms with van der Waals surface area (Å²) in [5.41, 5.74) is 7.70. The second-order valence-corrected chi connectivity index (χ2v) is 11.9. The zero-order chi connectivity index (χ0) is 29.1. The van der Waals surface area contributed by atoms with Crippen LogP contribution < -0.4 is 9.80 Å². The standard InChI is InChI=1S/C40H36N2S/c1-5-13-33(14-6-1)29-41(30-34-15-7-2-8-16-34)37-21-25-39(26-22-37)43-40-27-23-38(24-28-40)42(31-35-17-9-3-10-18-35)32-36-19-11-4-12-20-36/h1-28H,29-32H2. The van der Waals surface area contributed by atoms with E-state index in [1.165, 1.54) is 43.4 Å². The summed E-state index contributed by atoms with van der Waals surface area (Å²) in [4.78, 5) is 7.37. The Kier molecular flexibility index (Phi) is 9.53. The van der Waals surface area contributed by atoms with Gasteiger partial charge >= 0.3 is 0 Å². The lowest BCUT2D eigenvalue weighted by Crippen LogP contribution is -2.22. The van der Waals surface area contributed by atoms with Crippen LogP contribution in [0.4, 0.5) is 11.4 Å². The topological polar surface area (TPSA) is 6.48 Å². The third-order valence-corrected chi connectivity index (χ3v) is 8.52. The quantitative estimate of drug-likeness (QED) is 0.143. The normalized spacial score (nSPS) is 10.8. The Labute approximate surface area is 260 Å². The zero-order valence-electron chi connectivity index (χ0n) is 24.3. The van der Waals surface area contributed by atoms with E-state index in [9.17, 15) is 0 Å². The van der Waals surface area contributed by atoms with Crippen LogP contribution >= 0.6 is 11.8 Å². The van der Waals surface area contributed by atoms with E-state index in [1.54, 1.807) is 0 Å². The fourth-order valence-electron chi connectivity index (χ4n) is 5.28. The molecule has 0 saturated heterocycles. The number of rotatable bonds is 12. The second kappa shape index (κ2) is 14.4. The van der Waals surface area contributed by atoms with Gasteiger partial charge in [0.05, 0.1) is 0 Å². The predicted molar refractivity (Wildman–Crippen MR) is 183 cm³/mol. The van der Waals surface area contributed by atoms with E-state index >= 15 is 0 Å². The maximum atomic E-state index is 2.45. The van der Waals surface area contributed by atoms with Crippen LogP contribution in [0, 0.1) is 0 Å². The van der Waals surface area contributed by atoms with Crippen LogP contribution in [0.25, 0.3) is 0 Å². The monoisotopic (exact) mass is 576 g/mol. The minimum absolute atomic E-state index is 0.867. The number of nitrogens with zero attached hydrogens (tertiary/aromatic N) is 2. The van der Waals surface area contributed by atoms with E-state index in [1.807, 2.05) is 11.8 Å². The van der Waals surface area contributed by atoms with Crippen LogP contribution in [0.1, 0.15) is 22.3 Å². The smallest absolute Gasteiger partial charge is 0.0433 e. The molecule has 0 atom stereocenters. The Balaban J connectivity index is 1.16. The Bertz CT molecular complexity index is 1440. The predicted octanol–water partition coefficient (Wildman–Crippen LogP) is 10.3. The summed E-state index contributed by atoms with van der Waals surface area (Å²) < 4.78 is 0. The summed E-state index contributed by atoms with van der Waals surface area (Å²) in [5, 5.41) is 0. The van der Waals surface area contributed by atoms with E-state index in [2.05, 4.69) is 180 Å². The molecule has 6 rings (SSSR count). The van der Waals surface area contributed by atoms with Gasteiger partial charge in [-0.3, -0.25) is 0 Å². The molecular formula is C40H36N2S. The molecule has 212 valence electrons. The number of benzene rings is 6. The molecule has 0 aromatic heterocycles. The molecule has 0 fully saturated rings. The fourth-order valence-corrected chi connectivity index (χ4v) is 6.09. The van der Waals surface area contributed by atoms with Crippen molar-refractivity contribution in [1.29, 1.82) is 0 Å². The third-order valence-electron chi connectivity index (χ3n) is 7.50. The van der Waals surface area contributed by atoms with Crippen LogP contribution in [0.15, 0.2) is 180 Å². The summed E-state index contributed by atoms with van der Waals surface area (Å²) in [6.45, 7) is 3.47. The summed E-state index contributed by atoms with van der Waals surface area (Å²) >= 11 is 1.81. The van der Waals surface area contributed by atoms with Crippen molar-refractivity contribution in [2.75, 3.05) is 9.80 Å². The van der Waals surface area contributed by atoms with Crippen molar-refractivity contribution in [3.63, 3.8) is 0 Å². The van der Waals surface area contributed by atoms with Crippen molar-refractivity contribution in [3.05, 3.63) is 192 Å². The molecule has 0 unspecified atom stereocenters. The lowest BCUT2D eigenvalue weighted by Gasteiger charge is -2.26. The lowest BCUT2D eigenvalue weighted by molar-refractivity contribution is 0.799. The Morgan fingerprint density at radius 3 is 0.814 bits per heavy atom. The number of hydrogen-bond donors (Lipinski definition) is 0. The van der Waals surface area contributed by atoms with Gasteiger partial charge in [-0.15, -0.1) is 0 Å². The molecule has 2 nitrogen and oxygen atoms in total. The van der Waals surface area contributed by atoms with Crippen molar-refractivity contribution in [3.8, 4) is 0 Å². The van der Waals surface area contributed by atoms with E-state index < -0.39 is 0 Å². The van der Waals surface area contributed by atoms with E-state index in [4.69, 9.17) is 0 Å². The van der Waals surface area contributed by atoms with Gasteiger partial charge in [0.1, 0.15) is 0 Å². The van der Waals surface area contributed by atoms with E-state index in [-0.39, 0.29) is 0 Å². The maximum Gasteiger partial charge on any atom is 0.0433 e. The number of hydrogen-bond acceptors (Lipinski definition) is 3. The van der Waals surface area contributed by atoms with Gasteiger partial charge in [0.2, 0.25) is 0 Å². The van der Waals surface area contributed by atoms with E-state index in [0.717, 1.165) is 26.2 Å². The van der Waals surface area contributed by atoms with Crippen molar-refractivity contribution in [1.82, 2.24) is 0 Å². The Hall–Kier alpha value is -4.73. The highest BCUT2D eigenvalue weighted by molar-refractivity contribution is 7.99. The first-order chi connectivity index (χ1) is 21.3. The van der Waals surface area contributed by atoms with Crippen molar-refractivity contribution < 1.29 is 0 Å². The molecule has 0 N–H and O–H groups in total. The third kappa shape index (κ3) is 8.18. The molecule has 0 aliphatic rings. The highest BCUT2D eigenvalue weighted by atomic mass is 32.2. The molecule has 0 bridgehead atoms. The molecule has 43 heavy (non-hydrogen) atoms. The first-order valence-corrected chi connectivity index (χ1v) is 15.6. The van der Waals surface area contributed by atoms with Crippen LogP contribution in [0.2, 0.25) is 0 Å². The van der Waals surface area contributed by atoms with Crippen molar-refractivity contribution in [2.45, 2.75) is 36.0 Å². The lowest BCUT2D eigenvalue weighted by atomic mass is 10.1. The van der Waals surface area contributed by atoms with Gasteiger partial charge < -0.3 is 9.80 Å². The molecular weight excluding hydrogens is 541 g/mol. The zero-order valence-corrected chi connectivity index (χ0v) is 25.1. The molecule has 0 saturated carbocycles. The highest BCUT2D eigenvalue weighted by Crippen LogP contribution is 2.32. The summed E-state index contributed by atoms with van der Waals surface area (Å²) in [6.07, 6.45) is 0. The second-order valence-electron chi connectivity index (χ2n) is 10.7. The molecule has 0 aliphatic carbocycles. The van der Waals surface area contributed by atoms with Gasteiger partial charge in [-0.1, -0.05) is 133 Å². The molecule has 0 radical (unpaired) electrons. The largest absolute Gasteiger partial charge is 0.363 e. The SMILES string of the molecule is c1ccc(CN(Cc2ccccc2)c2ccc(Sc3ccc(N(Cc4ccccc4)Cc4ccccc4)cc3)cc2)cc1. The van der Waals surface area contributed by atoms with Crippen LogP contribution in [-0.4, -0.2) is 0 Å². The highest BCUT2D eigenvalue weighted by Gasteiger charge is 2.11. The summed E-state index contributed by atoms with van der Waals surface area (Å²) in [7, 11) is 0. The Morgan fingerprint density at radius 1 is 0.302 bits per heavy atom. The minimum atomic E-state index is 0.867. The Morgan fingerprint density at radius 2 is 0.558 bits per heavy atom. The summed E-state index contributed by atoms with van der Waals surface area (Å²) in [6, 6.07) is 60.8. The van der Waals surface area contributed by atoms with Gasteiger partial charge in [0.25, 0.3) is 0 Å². The van der Waals surface area contributed by atoms with Gasteiger partial charge in [-0.25, -0.2) is 0 Å². The van der Waals surface area contributed by atoms with Gasteiger partial charge in [0.15, 0.2) is 0 Å². The first-order valence-electron chi connectivity index (χ1n) is 14.8. The minimum Gasteiger partial charge on any atom is -0.363 e. The molecule has 0 spiro atoms. The first kappa shape index (κ1) is 28.4. The van der Waals surface area contributed by atoms with Crippen LogP contribution in [-0.2, 0) is 26.2 Å². The molecule has 0 heterocycles. The molecule has 3 heteroatoms. The summed E-state index contributed by atoms with van der Waals surface area (Å²) in [5.74, 6) is 0. The van der Waals surface area contributed by atoms with Crippen molar-refractivity contribution in [2.24, 2.45) is 0 Å². The van der Waals surface area contributed by atoms with Gasteiger partial charge in [-0.05, 0) is 70.8 Å². The van der Waals surface area contributed by atoms with E-state index in [0.29, 0.717) is 0 Å².